The van der Waals surface area contributed by atoms with E-state index < -0.39 is 6.03 Å². The van der Waals surface area contributed by atoms with Crippen molar-refractivity contribution >= 4 is 29.2 Å². The molecule has 6 heteroatoms. The number of aliphatic imine (C=N–C) groups is 1. The molecule has 0 aliphatic carbocycles. The van der Waals surface area contributed by atoms with Crippen LogP contribution < -0.4 is 5.32 Å². The normalized spacial score (nSPS) is 17.2. The van der Waals surface area contributed by atoms with Crippen LogP contribution in [-0.4, -0.2) is 35.5 Å². The highest BCUT2D eigenvalue weighted by Gasteiger charge is 2.15. The molecule has 0 unspecified atom stereocenters. The predicted octanol–water partition coefficient (Wildman–Crippen LogP) is 2.70. The van der Waals surface area contributed by atoms with Crippen LogP contribution in [0.15, 0.2) is 23.2 Å². The van der Waals surface area contributed by atoms with Crippen LogP contribution in [0.3, 0.4) is 0 Å². The third kappa shape index (κ3) is 2.92. The van der Waals surface area contributed by atoms with Crippen LogP contribution in [-0.2, 0) is 0 Å². The monoisotopic (exact) mass is 267 g/mol. The average Bonchev–Trinajstić information content (AvgIpc) is 2.70. The molecule has 0 saturated carbocycles. The first kappa shape index (κ1) is 12.7. The number of carbonyl (C=O) groups is 1. The Balaban J connectivity index is 2.05. The number of carbonyl (C=O) groups excluding carboxylic acids is 1. The molecule has 96 valence electrons. The van der Waals surface area contributed by atoms with Gasteiger partial charge in [0.15, 0.2) is 0 Å². The summed E-state index contributed by atoms with van der Waals surface area (Å²) in [4.78, 5) is 17.6. The van der Waals surface area contributed by atoms with Crippen LogP contribution in [0.1, 0.15) is 12.8 Å². The van der Waals surface area contributed by atoms with E-state index in [1.54, 1.807) is 6.07 Å². The number of nitrogens with one attached hydrogen (secondary N) is 1. The Morgan fingerprint density at radius 2 is 2.33 bits per heavy atom. The molecule has 2 rings (SSSR count). The van der Waals surface area contributed by atoms with Gasteiger partial charge >= 0.3 is 6.03 Å². The number of phenols is 1. The largest absolute Gasteiger partial charge is 0.506 e. The zero-order valence-electron chi connectivity index (χ0n) is 9.98. The number of aromatic hydroxyl groups is 1. The number of amides is 2. The summed E-state index contributed by atoms with van der Waals surface area (Å²) in [6, 6.07) is 4.04. The highest BCUT2D eigenvalue weighted by molar-refractivity contribution is 6.32. The fourth-order valence-corrected chi connectivity index (χ4v) is 1.97. The molecule has 2 amide bonds. The van der Waals surface area contributed by atoms with Gasteiger partial charge in [-0.15, -0.1) is 0 Å². The average molecular weight is 268 g/mol. The maximum atomic E-state index is 11.7. The van der Waals surface area contributed by atoms with Crippen molar-refractivity contribution in [2.24, 2.45) is 4.99 Å². The van der Waals surface area contributed by atoms with Gasteiger partial charge in [-0.3, -0.25) is 0 Å². The molecule has 0 radical (unpaired) electrons. The lowest BCUT2D eigenvalue weighted by Gasteiger charge is -2.10. The lowest BCUT2D eigenvalue weighted by Crippen LogP contribution is -2.21. The smallest absolute Gasteiger partial charge is 0.347 e. The van der Waals surface area contributed by atoms with Gasteiger partial charge in [0.25, 0.3) is 0 Å². The van der Waals surface area contributed by atoms with Crippen molar-refractivity contribution < 1.29 is 9.90 Å². The van der Waals surface area contributed by atoms with E-state index in [-0.39, 0.29) is 10.8 Å². The first-order chi connectivity index (χ1) is 8.56. The van der Waals surface area contributed by atoms with E-state index in [0.29, 0.717) is 5.69 Å². The van der Waals surface area contributed by atoms with Gasteiger partial charge in [0.1, 0.15) is 11.6 Å². The quantitative estimate of drug-likeness (QED) is 0.769. The second kappa shape index (κ2) is 5.27. The molecule has 2 N–H and O–H groups in total. The van der Waals surface area contributed by atoms with E-state index in [1.165, 1.54) is 12.1 Å². The number of hydrogen-bond donors (Lipinski definition) is 2. The molecule has 1 aromatic carbocycles. The number of rotatable bonds is 1. The summed E-state index contributed by atoms with van der Waals surface area (Å²) in [5, 5.41) is 12.1. The Kier molecular flexibility index (Phi) is 3.72. The van der Waals surface area contributed by atoms with E-state index in [0.717, 1.165) is 25.2 Å². The number of amidine groups is 1. The van der Waals surface area contributed by atoms with Crippen molar-refractivity contribution in [3.63, 3.8) is 0 Å². The van der Waals surface area contributed by atoms with Crippen LogP contribution in [0.25, 0.3) is 0 Å². The van der Waals surface area contributed by atoms with E-state index in [9.17, 15) is 9.90 Å². The van der Waals surface area contributed by atoms with Crippen molar-refractivity contribution in [3.8, 4) is 5.75 Å². The maximum absolute atomic E-state index is 11.7. The highest BCUT2D eigenvalue weighted by atomic mass is 35.5. The summed E-state index contributed by atoms with van der Waals surface area (Å²) in [6.07, 6.45) is 1.84. The van der Waals surface area contributed by atoms with Gasteiger partial charge in [-0.25, -0.2) is 4.79 Å². The van der Waals surface area contributed by atoms with Crippen LogP contribution in [0.5, 0.6) is 5.75 Å². The number of likely N-dealkylation sites (tertiary alicyclic amines) is 1. The molecule has 18 heavy (non-hydrogen) atoms. The Hall–Kier alpha value is -1.75. The topological polar surface area (TPSA) is 64.9 Å². The Labute approximate surface area is 110 Å². The minimum absolute atomic E-state index is 0.0171. The van der Waals surface area contributed by atoms with Crippen molar-refractivity contribution in [2.45, 2.75) is 12.8 Å². The Morgan fingerprint density at radius 1 is 1.56 bits per heavy atom. The van der Waals surface area contributed by atoms with Gasteiger partial charge in [0.2, 0.25) is 0 Å². The third-order valence-corrected chi connectivity index (χ3v) is 3.07. The summed E-state index contributed by atoms with van der Waals surface area (Å²) in [7, 11) is 1.91. The number of nitrogens with zero attached hydrogens (tertiary/aromatic N) is 2. The minimum atomic E-state index is -0.430. The standard InChI is InChI=1S/C12H14ClN3O2/c1-16-6-2-3-11(16)15-12(18)14-8-4-5-10(17)9(13)7-8/h4-5,7,17H,2-3,6H2,1H3,(H,14,18)/b15-11+. The number of phenolic OH excluding ortho intramolecular Hbond substituents is 1. The number of urea groups is 1. The summed E-state index contributed by atoms with van der Waals surface area (Å²) in [5.41, 5.74) is 0.507. The molecular weight excluding hydrogens is 254 g/mol. The Morgan fingerprint density at radius 3 is 2.94 bits per heavy atom. The van der Waals surface area contributed by atoms with Crippen LogP contribution in [0.2, 0.25) is 5.02 Å². The highest BCUT2D eigenvalue weighted by Crippen LogP contribution is 2.26. The van der Waals surface area contributed by atoms with Gasteiger partial charge in [-0.2, -0.15) is 4.99 Å². The zero-order chi connectivity index (χ0) is 13.1. The van der Waals surface area contributed by atoms with Gasteiger partial charge in [0, 0.05) is 25.7 Å². The third-order valence-electron chi connectivity index (χ3n) is 2.76. The number of halogens is 1. The summed E-state index contributed by atoms with van der Waals surface area (Å²) in [6.45, 7) is 0.928. The summed E-state index contributed by atoms with van der Waals surface area (Å²) >= 11 is 5.75. The van der Waals surface area contributed by atoms with Gasteiger partial charge in [-0.1, -0.05) is 11.6 Å². The molecule has 1 fully saturated rings. The number of benzene rings is 1. The van der Waals surface area contributed by atoms with E-state index in [1.807, 2.05) is 11.9 Å². The SMILES string of the molecule is CN1CCC/C1=N\C(=O)Nc1ccc(O)c(Cl)c1. The Bertz CT molecular complexity index is 502. The molecular formula is C12H14ClN3O2. The molecule has 1 aliphatic rings. The molecule has 0 bridgehead atoms. The minimum Gasteiger partial charge on any atom is -0.506 e. The van der Waals surface area contributed by atoms with Crippen LogP contribution in [0.4, 0.5) is 10.5 Å². The van der Waals surface area contributed by atoms with Gasteiger partial charge in [-0.05, 0) is 24.6 Å². The second-order valence-electron chi connectivity index (χ2n) is 4.15. The van der Waals surface area contributed by atoms with Crippen molar-refractivity contribution in [3.05, 3.63) is 23.2 Å². The molecule has 0 spiro atoms. The molecule has 1 aliphatic heterocycles. The lowest BCUT2D eigenvalue weighted by atomic mass is 10.3. The molecule has 5 nitrogen and oxygen atoms in total. The first-order valence-electron chi connectivity index (χ1n) is 5.64. The maximum Gasteiger partial charge on any atom is 0.347 e. The van der Waals surface area contributed by atoms with Gasteiger partial charge in [0.05, 0.1) is 5.02 Å². The van der Waals surface area contributed by atoms with E-state index in [4.69, 9.17) is 11.6 Å². The summed E-state index contributed by atoms with van der Waals surface area (Å²) < 4.78 is 0. The predicted molar refractivity (Wildman–Crippen MR) is 71.4 cm³/mol. The first-order valence-corrected chi connectivity index (χ1v) is 6.02. The number of hydrogen-bond acceptors (Lipinski definition) is 2. The molecule has 0 atom stereocenters. The lowest BCUT2D eigenvalue weighted by molar-refractivity contribution is 0.259. The fourth-order valence-electron chi connectivity index (χ4n) is 1.79. The summed E-state index contributed by atoms with van der Waals surface area (Å²) in [5.74, 6) is 0.772. The molecule has 1 saturated heterocycles. The van der Waals surface area contributed by atoms with Crippen molar-refractivity contribution in [1.29, 1.82) is 0 Å². The number of anilines is 1. The zero-order valence-corrected chi connectivity index (χ0v) is 10.7. The second-order valence-corrected chi connectivity index (χ2v) is 4.56. The van der Waals surface area contributed by atoms with Crippen LogP contribution in [0, 0.1) is 0 Å². The fraction of sp³-hybridized carbons (Fsp3) is 0.333. The van der Waals surface area contributed by atoms with Crippen molar-refractivity contribution in [1.82, 2.24) is 4.90 Å². The van der Waals surface area contributed by atoms with Crippen molar-refractivity contribution in [2.75, 3.05) is 18.9 Å². The molecule has 1 heterocycles. The van der Waals surface area contributed by atoms with Gasteiger partial charge < -0.3 is 15.3 Å². The molecule has 1 aromatic rings. The van der Waals surface area contributed by atoms with E-state index >= 15 is 0 Å². The van der Waals surface area contributed by atoms with Crippen LogP contribution >= 0.6 is 11.6 Å². The molecule has 0 aromatic heterocycles. The van der Waals surface area contributed by atoms with E-state index in [2.05, 4.69) is 10.3 Å².